The van der Waals surface area contributed by atoms with Crippen molar-refractivity contribution in [2.75, 3.05) is 7.05 Å². The Kier molecular flexibility index (Phi) is 5.55. The van der Waals surface area contributed by atoms with Gasteiger partial charge in [-0.2, -0.15) is 0 Å². The Bertz CT molecular complexity index is 838. The third-order valence-corrected chi connectivity index (χ3v) is 5.20. The molecule has 0 saturated carbocycles. The van der Waals surface area contributed by atoms with Crippen LogP contribution in [0.15, 0.2) is 36.7 Å². The molecule has 1 saturated heterocycles. The minimum atomic E-state index is -1.02. The second-order valence-corrected chi connectivity index (χ2v) is 6.68. The van der Waals surface area contributed by atoms with Gasteiger partial charge in [0.25, 0.3) is 0 Å². The first kappa shape index (κ1) is 19.0. The first-order chi connectivity index (χ1) is 12.9. The number of imidazole rings is 1. The largest absolute Gasteiger partial charge is 0.480 e. The fourth-order valence-corrected chi connectivity index (χ4v) is 3.78. The lowest BCUT2D eigenvalue weighted by molar-refractivity contribution is -0.142. The Morgan fingerprint density at radius 2 is 2.11 bits per heavy atom. The van der Waals surface area contributed by atoms with Crippen molar-refractivity contribution in [2.45, 2.75) is 38.5 Å². The number of aryl methyl sites for hydroxylation is 1. The van der Waals surface area contributed by atoms with E-state index in [0.717, 1.165) is 12.4 Å². The van der Waals surface area contributed by atoms with Crippen LogP contribution in [0.1, 0.15) is 30.8 Å². The lowest BCUT2D eigenvalue weighted by atomic mass is 9.92. The third kappa shape index (κ3) is 3.71. The molecule has 0 unspecified atom stereocenters. The Morgan fingerprint density at radius 3 is 2.78 bits per heavy atom. The average molecular weight is 374 g/mol. The van der Waals surface area contributed by atoms with E-state index in [-0.39, 0.29) is 18.9 Å². The van der Waals surface area contributed by atoms with Crippen LogP contribution in [0.5, 0.6) is 0 Å². The van der Waals surface area contributed by atoms with Crippen LogP contribution in [0.25, 0.3) is 0 Å². The topological polar surface area (TPSA) is 87.5 Å². The van der Waals surface area contributed by atoms with E-state index in [1.165, 1.54) is 6.07 Å². The van der Waals surface area contributed by atoms with Gasteiger partial charge in [0, 0.05) is 30.5 Å². The van der Waals surface area contributed by atoms with E-state index in [0.29, 0.717) is 5.56 Å². The number of likely N-dealkylation sites (N-methyl/N-ethyl adjacent to an activating group) is 1. The molecule has 2 aromatic rings. The van der Waals surface area contributed by atoms with Crippen LogP contribution >= 0.6 is 0 Å². The van der Waals surface area contributed by atoms with Gasteiger partial charge in [0.15, 0.2) is 0 Å². The fraction of sp³-hybridized carbons (Fsp3) is 0.421. The first-order valence-electron chi connectivity index (χ1n) is 8.91. The van der Waals surface area contributed by atoms with Crippen molar-refractivity contribution < 1.29 is 19.1 Å². The molecule has 1 amide bonds. The molecular formula is C19H23FN4O3. The van der Waals surface area contributed by atoms with E-state index in [9.17, 15) is 19.1 Å². The van der Waals surface area contributed by atoms with Gasteiger partial charge >= 0.3 is 5.97 Å². The van der Waals surface area contributed by atoms with Gasteiger partial charge in [-0.25, -0.2) is 9.37 Å². The van der Waals surface area contributed by atoms with Crippen LogP contribution in [0, 0.1) is 11.7 Å². The number of rotatable bonds is 6. The van der Waals surface area contributed by atoms with E-state index in [2.05, 4.69) is 10.3 Å². The normalized spacial score (nSPS) is 22.7. The maximum absolute atomic E-state index is 14.4. The molecule has 0 bridgehead atoms. The summed E-state index contributed by atoms with van der Waals surface area (Å²) in [7, 11) is 1.62. The Balaban J connectivity index is 1.83. The van der Waals surface area contributed by atoms with Crippen LogP contribution in [0.2, 0.25) is 0 Å². The predicted octanol–water partition coefficient (Wildman–Crippen LogP) is 1.80. The van der Waals surface area contributed by atoms with Crippen LogP contribution in [0.4, 0.5) is 4.39 Å². The highest BCUT2D eigenvalue weighted by Crippen LogP contribution is 2.41. The Hall–Kier alpha value is -2.74. The highest BCUT2D eigenvalue weighted by molar-refractivity contribution is 5.83. The molecule has 3 rings (SSSR count). The minimum Gasteiger partial charge on any atom is -0.480 e. The van der Waals surface area contributed by atoms with Crippen molar-refractivity contribution >= 4 is 11.9 Å². The summed E-state index contributed by atoms with van der Waals surface area (Å²) in [5.41, 5.74) is 0.332. The maximum Gasteiger partial charge on any atom is 0.320 e. The van der Waals surface area contributed by atoms with Gasteiger partial charge in [-0.15, -0.1) is 0 Å². The number of hydrogen-bond acceptors (Lipinski definition) is 4. The number of nitrogens with zero attached hydrogens (tertiary/aromatic N) is 3. The molecule has 3 atom stereocenters. The van der Waals surface area contributed by atoms with E-state index in [1.807, 2.05) is 17.7 Å². The summed E-state index contributed by atoms with van der Waals surface area (Å²) in [4.78, 5) is 30.2. The molecule has 8 heteroatoms. The minimum absolute atomic E-state index is 0.124. The van der Waals surface area contributed by atoms with Crippen molar-refractivity contribution in [2.24, 2.45) is 5.92 Å². The molecule has 1 aliphatic rings. The van der Waals surface area contributed by atoms with Gasteiger partial charge in [-0.3, -0.25) is 14.5 Å². The first-order valence-corrected chi connectivity index (χ1v) is 8.91. The molecule has 1 aliphatic heterocycles. The molecule has 1 aromatic carbocycles. The van der Waals surface area contributed by atoms with Gasteiger partial charge in [-0.05, 0) is 26.5 Å². The molecular weight excluding hydrogens is 351 g/mol. The number of halogens is 1. The van der Waals surface area contributed by atoms with Gasteiger partial charge in [0.2, 0.25) is 5.91 Å². The van der Waals surface area contributed by atoms with Crippen LogP contribution in [-0.2, 0) is 22.7 Å². The van der Waals surface area contributed by atoms with Crippen molar-refractivity contribution in [3.8, 4) is 0 Å². The fourth-order valence-electron chi connectivity index (χ4n) is 3.78. The van der Waals surface area contributed by atoms with Crippen LogP contribution in [0.3, 0.4) is 0 Å². The number of aromatic nitrogens is 2. The average Bonchev–Trinajstić information content (AvgIpc) is 3.24. The summed E-state index contributed by atoms with van der Waals surface area (Å²) in [6.45, 7) is 2.95. The summed E-state index contributed by atoms with van der Waals surface area (Å²) >= 11 is 0. The zero-order chi connectivity index (χ0) is 19.6. The highest BCUT2D eigenvalue weighted by atomic mass is 19.1. The number of aliphatic carboxylic acids is 1. The number of nitrogens with one attached hydrogen (secondary N) is 1. The zero-order valence-electron chi connectivity index (χ0n) is 15.3. The second kappa shape index (κ2) is 7.87. The van der Waals surface area contributed by atoms with Crippen molar-refractivity contribution in [3.05, 3.63) is 53.9 Å². The number of carbonyl (C=O) groups excluding carboxylic acids is 1. The number of amides is 1. The Labute approximate surface area is 156 Å². The van der Waals surface area contributed by atoms with Crippen LogP contribution < -0.4 is 5.32 Å². The quantitative estimate of drug-likeness (QED) is 0.805. The van der Waals surface area contributed by atoms with Gasteiger partial charge < -0.3 is 15.0 Å². The lowest BCUT2D eigenvalue weighted by Crippen LogP contribution is -2.36. The second-order valence-electron chi connectivity index (χ2n) is 6.68. The monoisotopic (exact) mass is 374 g/mol. The van der Waals surface area contributed by atoms with E-state index < -0.39 is 29.8 Å². The molecule has 27 heavy (non-hydrogen) atoms. The van der Waals surface area contributed by atoms with Gasteiger partial charge in [0.1, 0.15) is 17.7 Å². The van der Waals surface area contributed by atoms with Gasteiger partial charge in [-0.1, -0.05) is 18.2 Å². The molecule has 0 spiro atoms. The molecule has 0 radical (unpaired) electrons. The number of likely N-dealkylation sites (tertiary alicyclic amines) is 1. The van der Waals surface area contributed by atoms with Gasteiger partial charge in [0.05, 0.1) is 12.5 Å². The molecule has 0 aliphatic carbocycles. The summed E-state index contributed by atoms with van der Waals surface area (Å²) in [5, 5.41) is 12.3. The maximum atomic E-state index is 14.4. The molecule has 2 heterocycles. The van der Waals surface area contributed by atoms with E-state index >= 15 is 0 Å². The lowest BCUT2D eigenvalue weighted by Gasteiger charge is -2.26. The third-order valence-electron chi connectivity index (χ3n) is 5.20. The number of hydrogen-bond donors (Lipinski definition) is 2. The van der Waals surface area contributed by atoms with Crippen LogP contribution in [-0.4, -0.2) is 44.5 Å². The summed E-state index contributed by atoms with van der Waals surface area (Å²) in [6, 6.07) is 4.70. The van der Waals surface area contributed by atoms with Crippen molar-refractivity contribution in [3.63, 3.8) is 0 Å². The predicted molar refractivity (Wildman–Crippen MR) is 96.2 cm³/mol. The molecule has 1 aromatic heterocycles. The summed E-state index contributed by atoms with van der Waals surface area (Å²) in [6.07, 6.45) is 3.61. The molecule has 2 N–H and O–H groups in total. The highest BCUT2D eigenvalue weighted by Gasteiger charge is 2.47. The number of benzene rings is 1. The number of carbonyl (C=O) groups is 2. The molecule has 7 nitrogen and oxygen atoms in total. The number of carboxylic acids is 1. The standard InChI is InChI=1S/C19H23FN4O3/c1-3-24-9-8-21-16(24)11-22-18(25)13-10-15(19(26)27)23(2)17(13)12-6-4-5-7-14(12)20/h4-9,13,15,17H,3,10-11H2,1-2H3,(H,22,25)(H,26,27)/t13-,15-,17-/m0/s1. The summed E-state index contributed by atoms with van der Waals surface area (Å²) in [5.74, 6) is -1.72. The summed E-state index contributed by atoms with van der Waals surface area (Å²) < 4.78 is 16.3. The zero-order valence-corrected chi connectivity index (χ0v) is 15.3. The SMILES string of the molecule is CCn1ccnc1CNC(=O)[C@H]1C[C@@H](C(=O)O)N(C)[C@H]1c1ccccc1F. The van der Waals surface area contributed by atoms with Crippen molar-refractivity contribution in [1.29, 1.82) is 0 Å². The Morgan fingerprint density at radius 1 is 1.37 bits per heavy atom. The smallest absolute Gasteiger partial charge is 0.320 e. The van der Waals surface area contributed by atoms with E-state index in [1.54, 1.807) is 36.3 Å². The molecule has 1 fully saturated rings. The molecule has 144 valence electrons. The van der Waals surface area contributed by atoms with Crippen molar-refractivity contribution in [1.82, 2.24) is 19.8 Å². The van der Waals surface area contributed by atoms with E-state index in [4.69, 9.17) is 0 Å². The number of carboxylic acid groups (broad SMARTS) is 1.